The second kappa shape index (κ2) is 5.61. The molecule has 0 aliphatic carbocycles. The van der Waals surface area contributed by atoms with Crippen LogP contribution >= 0.6 is 0 Å². The minimum atomic E-state index is -0.629. The molecule has 2 heterocycles. The Bertz CT molecular complexity index is 428. The zero-order valence-corrected chi connectivity index (χ0v) is 9.71. The smallest absolute Gasteiger partial charge is 0.133 e. The Labute approximate surface area is 100 Å². The first-order chi connectivity index (χ1) is 8.27. The third-order valence-electron chi connectivity index (χ3n) is 2.62. The van der Waals surface area contributed by atoms with Gasteiger partial charge in [0.25, 0.3) is 0 Å². The molecule has 4 nitrogen and oxygen atoms in total. The molecule has 0 saturated heterocycles. The molecule has 17 heavy (non-hydrogen) atoms. The molecule has 0 aliphatic heterocycles. The summed E-state index contributed by atoms with van der Waals surface area (Å²) in [5.41, 5.74) is 0.958. The average molecular weight is 232 g/mol. The largest absolute Gasteiger partial charge is 0.467 e. The number of aliphatic hydroxyl groups excluding tert-OH is 1. The topological polar surface area (TPSA) is 58.3 Å². The summed E-state index contributed by atoms with van der Waals surface area (Å²) in [6, 6.07) is 9.41. The van der Waals surface area contributed by atoms with E-state index in [0.29, 0.717) is 12.3 Å². The molecule has 4 heteroatoms. The van der Waals surface area contributed by atoms with Crippen molar-refractivity contribution in [3.05, 3.63) is 54.2 Å². The quantitative estimate of drug-likeness (QED) is 0.828. The van der Waals surface area contributed by atoms with Crippen LogP contribution in [0.15, 0.2) is 47.2 Å². The van der Waals surface area contributed by atoms with Gasteiger partial charge in [0.2, 0.25) is 0 Å². The van der Waals surface area contributed by atoms with Gasteiger partial charge in [0.05, 0.1) is 12.0 Å². The van der Waals surface area contributed by atoms with Crippen LogP contribution < -0.4 is 5.32 Å². The lowest BCUT2D eigenvalue weighted by molar-refractivity contribution is 0.144. The molecule has 2 atom stereocenters. The van der Waals surface area contributed by atoms with Crippen molar-refractivity contribution in [2.24, 2.45) is 0 Å². The molecule has 90 valence electrons. The molecule has 0 fully saturated rings. The van der Waals surface area contributed by atoms with Crippen molar-refractivity contribution in [1.29, 1.82) is 0 Å². The van der Waals surface area contributed by atoms with E-state index in [2.05, 4.69) is 10.3 Å². The maximum Gasteiger partial charge on any atom is 0.133 e. The van der Waals surface area contributed by atoms with Crippen molar-refractivity contribution in [3.63, 3.8) is 0 Å². The van der Waals surface area contributed by atoms with Gasteiger partial charge in [0.15, 0.2) is 0 Å². The summed E-state index contributed by atoms with van der Waals surface area (Å²) in [6.07, 6.45) is 2.69. The number of furan rings is 1. The van der Waals surface area contributed by atoms with Gasteiger partial charge in [-0.05, 0) is 31.2 Å². The summed E-state index contributed by atoms with van der Waals surface area (Å²) in [4.78, 5) is 4.25. The van der Waals surface area contributed by atoms with Crippen LogP contribution in [0.2, 0.25) is 0 Å². The van der Waals surface area contributed by atoms with Crippen molar-refractivity contribution >= 4 is 0 Å². The fraction of sp³-hybridized carbons (Fsp3) is 0.308. The maximum atomic E-state index is 9.83. The number of nitrogens with one attached hydrogen (secondary N) is 1. The minimum Gasteiger partial charge on any atom is -0.467 e. The average Bonchev–Trinajstić information content (AvgIpc) is 2.90. The van der Waals surface area contributed by atoms with Crippen LogP contribution in [0.3, 0.4) is 0 Å². The van der Waals surface area contributed by atoms with Crippen LogP contribution in [0.25, 0.3) is 0 Å². The number of rotatable bonds is 5. The van der Waals surface area contributed by atoms with Crippen molar-refractivity contribution in [2.75, 3.05) is 6.54 Å². The van der Waals surface area contributed by atoms with E-state index >= 15 is 0 Å². The molecule has 0 bridgehead atoms. The first-order valence-corrected chi connectivity index (χ1v) is 5.63. The molecule has 0 radical (unpaired) electrons. The third kappa shape index (κ3) is 3.15. The zero-order valence-electron chi connectivity index (χ0n) is 9.71. The second-order valence-electron chi connectivity index (χ2n) is 3.92. The summed E-state index contributed by atoms with van der Waals surface area (Å²) >= 11 is 0. The Kier molecular flexibility index (Phi) is 3.90. The lowest BCUT2D eigenvalue weighted by atomic mass is 10.2. The fourth-order valence-electron chi connectivity index (χ4n) is 1.61. The van der Waals surface area contributed by atoms with E-state index in [1.807, 2.05) is 25.1 Å². The summed E-state index contributed by atoms with van der Waals surface area (Å²) in [5.74, 6) is 0.575. The number of hydrogen-bond donors (Lipinski definition) is 2. The van der Waals surface area contributed by atoms with Crippen LogP contribution in [0.4, 0.5) is 0 Å². The zero-order chi connectivity index (χ0) is 12.1. The van der Waals surface area contributed by atoms with Gasteiger partial charge in [0.1, 0.15) is 11.9 Å². The molecule has 2 N–H and O–H groups in total. The molecule has 0 aromatic carbocycles. The first kappa shape index (κ1) is 11.8. The van der Waals surface area contributed by atoms with Crippen molar-refractivity contribution < 1.29 is 9.52 Å². The van der Waals surface area contributed by atoms with Gasteiger partial charge in [-0.1, -0.05) is 6.07 Å². The molecule has 2 aromatic rings. The molecule has 2 rings (SSSR count). The summed E-state index contributed by atoms with van der Waals surface area (Å²) in [6.45, 7) is 2.45. The van der Waals surface area contributed by atoms with Crippen molar-refractivity contribution in [3.8, 4) is 0 Å². The predicted octanol–water partition coefficient (Wildman–Crippen LogP) is 2.06. The highest BCUT2D eigenvalue weighted by Crippen LogP contribution is 2.14. The van der Waals surface area contributed by atoms with E-state index < -0.39 is 6.10 Å². The summed E-state index contributed by atoms with van der Waals surface area (Å²) in [5, 5.41) is 13.0. The van der Waals surface area contributed by atoms with E-state index in [0.717, 1.165) is 5.69 Å². The van der Waals surface area contributed by atoms with E-state index in [4.69, 9.17) is 4.42 Å². The number of nitrogens with zero attached hydrogens (tertiary/aromatic N) is 1. The normalized spacial score (nSPS) is 14.5. The summed E-state index contributed by atoms with van der Waals surface area (Å²) < 4.78 is 5.13. The molecule has 0 saturated carbocycles. The number of pyridine rings is 1. The molecule has 0 spiro atoms. The van der Waals surface area contributed by atoms with E-state index in [-0.39, 0.29) is 6.04 Å². The Morgan fingerprint density at radius 3 is 2.88 bits per heavy atom. The standard InChI is InChI=1S/C13H16N2O2/c1-10(11-5-2-3-7-14-11)15-9-12(16)13-6-4-8-17-13/h2-8,10,12,15-16H,9H2,1H3. The Morgan fingerprint density at radius 2 is 2.24 bits per heavy atom. The van der Waals surface area contributed by atoms with Crippen molar-refractivity contribution in [1.82, 2.24) is 10.3 Å². The number of aromatic nitrogens is 1. The Morgan fingerprint density at radius 1 is 1.35 bits per heavy atom. The minimum absolute atomic E-state index is 0.0980. The van der Waals surface area contributed by atoms with E-state index in [1.165, 1.54) is 0 Å². The molecule has 2 unspecified atom stereocenters. The van der Waals surface area contributed by atoms with Crippen LogP contribution in [0, 0.1) is 0 Å². The van der Waals surface area contributed by atoms with Crippen LogP contribution in [0.5, 0.6) is 0 Å². The van der Waals surface area contributed by atoms with Crippen molar-refractivity contribution in [2.45, 2.75) is 19.1 Å². The highest BCUT2D eigenvalue weighted by Gasteiger charge is 2.12. The molecule has 0 amide bonds. The highest BCUT2D eigenvalue weighted by atomic mass is 16.4. The van der Waals surface area contributed by atoms with Crippen LogP contribution in [0.1, 0.15) is 30.5 Å². The molecule has 2 aromatic heterocycles. The lowest BCUT2D eigenvalue weighted by Gasteiger charge is -2.15. The molecule has 0 aliphatic rings. The van der Waals surface area contributed by atoms with Crippen LogP contribution in [-0.4, -0.2) is 16.6 Å². The van der Waals surface area contributed by atoms with Gasteiger partial charge in [-0.2, -0.15) is 0 Å². The number of hydrogen-bond acceptors (Lipinski definition) is 4. The van der Waals surface area contributed by atoms with Gasteiger partial charge >= 0.3 is 0 Å². The van der Waals surface area contributed by atoms with E-state index in [9.17, 15) is 5.11 Å². The Hall–Kier alpha value is -1.65. The summed E-state index contributed by atoms with van der Waals surface area (Å²) in [7, 11) is 0. The number of aliphatic hydroxyl groups is 1. The highest BCUT2D eigenvalue weighted by molar-refractivity contribution is 5.08. The second-order valence-corrected chi connectivity index (χ2v) is 3.92. The maximum absolute atomic E-state index is 9.83. The predicted molar refractivity (Wildman–Crippen MR) is 64.3 cm³/mol. The van der Waals surface area contributed by atoms with Gasteiger partial charge in [-0.3, -0.25) is 4.98 Å². The van der Waals surface area contributed by atoms with Gasteiger partial charge in [-0.15, -0.1) is 0 Å². The van der Waals surface area contributed by atoms with Gasteiger partial charge in [0, 0.05) is 18.8 Å². The fourth-order valence-corrected chi connectivity index (χ4v) is 1.61. The SMILES string of the molecule is CC(NCC(O)c1ccco1)c1ccccn1. The Balaban J connectivity index is 1.86. The third-order valence-corrected chi connectivity index (χ3v) is 2.62. The molecular formula is C13H16N2O2. The molecular weight excluding hydrogens is 216 g/mol. The van der Waals surface area contributed by atoms with Gasteiger partial charge < -0.3 is 14.8 Å². The van der Waals surface area contributed by atoms with E-state index in [1.54, 1.807) is 24.6 Å². The first-order valence-electron chi connectivity index (χ1n) is 5.63. The lowest BCUT2D eigenvalue weighted by Crippen LogP contribution is -2.25. The monoisotopic (exact) mass is 232 g/mol. The van der Waals surface area contributed by atoms with Gasteiger partial charge in [-0.25, -0.2) is 0 Å². The van der Waals surface area contributed by atoms with Crippen LogP contribution in [-0.2, 0) is 0 Å².